The first kappa shape index (κ1) is 12.0. The lowest BCUT2D eigenvalue weighted by atomic mass is 10.2. The van der Waals surface area contributed by atoms with Gasteiger partial charge in [-0.05, 0) is 24.6 Å². The second-order valence-electron chi connectivity index (χ2n) is 3.36. The van der Waals surface area contributed by atoms with Gasteiger partial charge in [-0.2, -0.15) is 5.21 Å². The highest BCUT2D eigenvalue weighted by atomic mass is 79.9. The van der Waals surface area contributed by atoms with Crippen LogP contribution in [-0.4, -0.2) is 20.6 Å². The molecule has 0 unspecified atom stereocenters. The second-order valence-corrected chi connectivity index (χ2v) is 4.28. The van der Waals surface area contributed by atoms with Crippen molar-refractivity contribution in [2.24, 2.45) is 0 Å². The van der Waals surface area contributed by atoms with E-state index in [4.69, 9.17) is 4.74 Å². The third kappa shape index (κ3) is 2.79. The molecule has 0 bridgehead atoms. The Hall–Kier alpha value is -1.50. The normalized spacial score (nSPS) is 12.4. The molecule has 5 nitrogen and oxygen atoms in total. The summed E-state index contributed by atoms with van der Waals surface area (Å²) in [7, 11) is 0. The molecule has 1 N–H and O–H groups in total. The molecule has 0 fully saturated rings. The molecule has 0 saturated carbocycles. The van der Waals surface area contributed by atoms with Crippen molar-refractivity contribution in [2.75, 3.05) is 0 Å². The van der Waals surface area contributed by atoms with Crippen LogP contribution in [0.2, 0.25) is 0 Å². The van der Waals surface area contributed by atoms with Crippen LogP contribution >= 0.6 is 15.9 Å². The van der Waals surface area contributed by atoms with E-state index in [0.717, 1.165) is 0 Å². The Labute approximate surface area is 106 Å². The van der Waals surface area contributed by atoms with Gasteiger partial charge in [-0.1, -0.05) is 28.1 Å². The number of nitrogens with one attached hydrogen (secondary N) is 1. The molecule has 1 atom stereocenters. The van der Waals surface area contributed by atoms with Gasteiger partial charge in [-0.25, -0.2) is 4.39 Å². The van der Waals surface area contributed by atoms with Gasteiger partial charge >= 0.3 is 0 Å². The van der Waals surface area contributed by atoms with E-state index in [1.165, 1.54) is 6.07 Å². The summed E-state index contributed by atoms with van der Waals surface area (Å²) in [6.07, 6.45) is 0.208. The first-order valence-electron chi connectivity index (χ1n) is 5.05. The highest BCUT2D eigenvalue weighted by Gasteiger charge is 2.17. The highest BCUT2D eigenvalue weighted by molar-refractivity contribution is 9.10. The lowest BCUT2D eigenvalue weighted by molar-refractivity contribution is 0.182. The second kappa shape index (κ2) is 5.22. The summed E-state index contributed by atoms with van der Waals surface area (Å²) in [5.74, 6) is 0.154. The van der Waals surface area contributed by atoms with Crippen LogP contribution in [0.5, 0.6) is 5.75 Å². The number of ether oxygens (including phenoxy) is 1. The molecular formula is C10H10BrFN4O. The summed E-state index contributed by atoms with van der Waals surface area (Å²) in [5.41, 5.74) is 0. The van der Waals surface area contributed by atoms with Crippen molar-refractivity contribution >= 4 is 15.9 Å². The van der Waals surface area contributed by atoms with Gasteiger partial charge < -0.3 is 4.74 Å². The Balaban J connectivity index is 2.19. The molecule has 7 heteroatoms. The number of hydrogen-bond acceptors (Lipinski definition) is 4. The first-order valence-corrected chi connectivity index (χ1v) is 5.85. The minimum absolute atomic E-state index is 0.171. The number of H-pyrrole nitrogens is 1. The van der Waals surface area contributed by atoms with E-state index in [-0.39, 0.29) is 5.75 Å². The maximum absolute atomic E-state index is 13.6. The Morgan fingerprint density at radius 2 is 2.35 bits per heavy atom. The highest BCUT2D eigenvalue weighted by Crippen LogP contribution is 2.26. The van der Waals surface area contributed by atoms with Gasteiger partial charge in [0, 0.05) is 4.47 Å². The van der Waals surface area contributed by atoms with Crippen LogP contribution in [0.25, 0.3) is 0 Å². The summed E-state index contributed by atoms with van der Waals surface area (Å²) in [6, 6.07) is 4.61. The molecule has 0 amide bonds. The van der Waals surface area contributed by atoms with E-state index in [1.807, 2.05) is 6.92 Å². The largest absolute Gasteiger partial charge is 0.479 e. The minimum atomic E-state index is -0.429. The standard InChI is InChI=1S/C10H10BrFN4O/c1-2-8(10-13-15-16-14-10)17-9-4-3-6(11)5-7(9)12/h3-5,8H,2H2,1H3,(H,13,14,15,16)/t8-/m0/s1. The molecule has 0 aliphatic carbocycles. The fraction of sp³-hybridized carbons (Fsp3) is 0.300. The van der Waals surface area contributed by atoms with E-state index in [1.54, 1.807) is 12.1 Å². The van der Waals surface area contributed by atoms with Crippen molar-refractivity contribution in [1.29, 1.82) is 0 Å². The van der Waals surface area contributed by atoms with E-state index in [9.17, 15) is 4.39 Å². The molecular weight excluding hydrogens is 291 g/mol. The molecule has 2 rings (SSSR count). The lowest BCUT2D eigenvalue weighted by Crippen LogP contribution is -2.09. The van der Waals surface area contributed by atoms with Crippen molar-refractivity contribution in [2.45, 2.75) is 19.4 Å². The van der Waals surface area contributed by atoms with Crippen molar-refractivity contribution in [3.63, 3.8) is 0 Å². The number of hydrogen-bond donors (Lipinski definition) is 1. The summed E-state index contributed by atoms with van der Waals surface area (Å²) in [5, 5.41) is 13.4. The minimum Gasteiger partial charge on any atom is -0.479 e. The number of tetrazole rings is 1. The number of benzene rings is 1. The van der Waals surface area contributed by atoms with Gasteiger partial charge in [0.05, 0.1) is 0 Å². The Morgan fingerprint density at radius 3 is 2.94 bits per heavy atom. The quantitative estimate of drug-likeness (QED) is 0.943. The smallest absolute Gasteiger partial charge is 0.214 e. The molecule has 17 heavy (non-hydrogen) atoms. The predicted molar refractivity (Wildman–Crippen MR) is 61.9 cm³/mol. The topological polar surface area (TPSA) is 63.7 Å². The van der Waals surface area contributed by atoms with Crippen molar-refractivity contribution in [1.82, 2.24) is 20.6 Å². The molecule has 0 spiro atoms. The molecule has 2 aromatic rings. The fourth-order valence-corrected chi connectivity index (χ4v) is 1.68. The van der Waals surface area contributed by atoms with Crippen LogP contribution in [-0.2, 0) is 0 Å². The fourth-order valence-electron chi connectivity index (χ4n) is 1.35. The molecule has 1 aromatic heterocycles. The van der Waals surface area contributed by atoms with Gasteiger partial charge in [0.15, 0.2) is 17.7 Å². The molecule has 0 aliphatic rings. The van der Waals surface area contributed by atoms with E-state index < -0.39 is 11.9 Å². The molecule has 1 aromatic carbocycles. The van der Waals surface area contributed by atoms with Crippen LogP contribution < -0.4 is 4.74 Å². The van der Waals surface area contributed by atoms with Crippen LogP contribution in [0.4, 0.5) is 4.39 Å². The van der Waals surface area contributed by atoms with Gasteiger partial charge in [-0.3, -0.25) is 0 Å². The van der Waals surface area contributed by atoms with Crippen LogP contribution in [0.1, 0.15) is 25.3 Å². The first-order chi connectivity index (χ1) is 8.20. The zero-order valence-electron chi connectivity index (χ0n) is 9.02. The maximum atomic E-state index is 13.6. The monoisotopic (exact) mass is 300 g/mol. The predicted octanol–water partition coefficient (Wildman–Crippen LogP) is 2.63. The summed E-state index contributed by atoms with van der Waals surface area (Å²) in [4.78, 5) is 0. The molecule has 90 valence electrons. The van der Waals surface area contributed by atoms with Gasteiger partial charge in [0.2, 0.25) is 5.82 Å². The third-order valence-corrected chi connectivity index (χ3v) is 2.68. The molecule has 0 saturated heterocycles. The summed E-state index contributed by atoms with van der Waals surface area (Å²) >= 11 is 3.18. The Kier molecular flexibility index (Phi) is 3.68. The molecule has 0 aliphatic heterocycles. The average molecular weight is 301 g/mol. The van der Waals surface area contributed by atoms with Crippen LogP contribution in [0, 0.1) is 5.82 Å². The number of halogens is 2. The number of rotatable bonds is 4. The van der Waals surface area contributed by atoms with Gasteiger partial charge in [-0.15, -0.1) is 10.2 Å². The summed E-state index contributed by atoms with van der Waals surface area (Å²) < 4.78 is 19.7. The third-order valence-electron chi connectivity index (χ3n) is 2.18. The van der Waals surface area contributed by atoms with E-state index >= 15 is 0 Å². The maximum Gasteiger partial charge on any atom is 0.214 e. The number of aromatic nitrogens is 4. The molecule has 0 radical (unpaired) electrons. The average Bonchev–Trinajstić information content (AvgIpc) is 2.81. The lowest BCUT2D eigenvalue weighted by Gasteiger charge is -2.14. The SMILES string of the molecule is CC[C@H](Oc1ccc(Br)cc1F)c1nn[nH]n1. The summed E-state index contributed by atoms with van der Waals surface area (Å²) in [6.45, 7) is 1.90. The number of aromatic amines is 1. The van der Waals surface area contributed by atoms with Gasteiger partial charge in [0.25, 0.3) is 0 Å². The van der Waals surface area contributed by atoms with Crippen molar-refractivity contribution in [3.05, 3.63) is 34.3 Å². The van der Waals surface area contributed by atoms with Gasteiger partial charge in [0.1, 0.15) is 0 Å². The van der Waals surface area contributed by atoms with Crippen molar-refractivity contribution in [3.8, 4) is 5.75 Å². The Morgan fingerprint density at radius 1 is 1.53 bits per heavy atom. The van der Waals surface area contributed by atoms with E-state index in [2.05, 4.69) is 36.6 Å². The van der Waals surface area contributed by atoms with Crippen molar-refractivity contribution < 1.29 is 9.13 Å². The van der Waals surface area contributed by atoms with Crippen LogP contribution in [0.15, 0.2) is 22.7 Å². The Bertz CT molecular complexity index is 491. The zero-order valence-corrected chi connectivity index (χ0v) is 10.6. The van der Waals surface area contributed by atoms with E-state index in [0.29, 0.717) is 16.7 Å². The molecule has 1 heterocycles. The van der Waals surface area contributed by atoms with Crippen LogP contribution in [0.3, 0.4) is 0 Å². The number of nitrogens with zero attached hydrogens (tertiary/aromatic N) is 3. The zero-order chi connectivity index (χ0) is 12.3.